The van der Waals surface area contributed by atoms with Crippen LogP contribution in [-0.4, -0.2) is 5.11 Å². The second-order valence-corrected chi connectivity index (χ2v) is 9.13. The van der Waals surface area contributed by atoms with Crippen molar-refractivity contribution in [1.29, 1.82) is 0 Å². The molecular weight excluding hydrogens is 348 g/mol. The van der Waals surface area contributed by atoms with E-state index in [0.717, 1.165) is 68.3 Å². The van der Waals surface area contributed by atoms with Gasteiger partial charge in [-0.2, -0.15) is 0 Å². The van der Waals surface area contributed by atoms with E-state index in [-0.39, 0.29) is 23.2 Å². The van der Waals surface area contributed by atoms with Gasteiger partial charge in [0.2, 0.25) is 0 Å². The topological polar surface area (TPSA) is 50.4 Å². The molecule has 2 aliphatic rings. The average molecular weight is 381 g/mol. The van der Waals surface area contributed by atoms with Crippen LogP contribution in [0, 0.1) is 11.8 Å². The van der Waals surface area contributed by atoms with Crippen molar-refractivity contribution in [3.8, 4) is 5.75 Å². The molecule has 2 aromatic rings. The third-order valence-corrected chi connectivity index (χ3v) is 6.52. The zero-order chi connectivity index (χ0) is 19.7. The molecule has 1 N–H and O–H groups in total. The number of hydrogen-bond acceptors (Lipinski definition) is 3. The molecule has 1 aromatic heterocycles. The van der Waals surface area contributed by atoms with Crippen molar-refractivity contribution in [2.24, 2.45) is 11.8 Å². The predicted molar refractivity (Wildman–Crippen MR) is 112 cm³/mol. The van der Waals surface area contributed by atoms with Crippen molar-refractivity contribution >= 4 is 0 Å². The van der Waals surface area contributed by atoms with E-state index in [1.165, 1.54) is 0 Å². The molecule has 0 amide bonds. The van der Waals surface area contributed by atoms with E-state index in [0.29, 0.717) is 17.4 Å². The Hall–Kier alpha value is -2.03. The quantitative estimate of drug-likeness (QED) is 0.613. The van der Waals surface area contributed by atoms with Crippen molar-refractivity contribution in [2.45, 2.75) is 77.0 Å². The van der Waals surface area contributed by atoms with Gasteiger partial charge in [0.15, 0.2) is 0 Å². The second-order valence-electron chi connectivity index (χ2n) is 9.13. The Morgan fingerprint density at radius 2 is 1.86 bits per heavy atom. The van der Waals surface area contributed by atoms with E-state index in [4.69, 9.17) is 4.42 Å². The Morgan fingerprint density at radius 1 is 1.11 bits per heavy atom. The summed E-state index contributed by atoms with van der Waals surface area (Å²) in [4.78, 5) is 13.1. The highest BCUT2D eigenvalue weighted by Gasteiger charge is 2.39. The molecule has 1 heterocycles. The number of aromatic hydroxyl groups is 1. The van der Waals surface area contributed by atoms with E-state index < -0.39 is 0 Å². The van der Waals surface area contributed by atoms with Crippen molar-refractivity contribution in [2.75, 3.05) is 0 Å². The molecule has 1 fully saturated rings. The molecule has 2 atom stereocenters. The standard InChI is InChI=1S/C25H32O3/c1-16(2)12-13-19-10-6-7-11-20-23(26)22(25(27)28-24(19)20)21(18-14-15-18)17-8-4-3-5-9-17/h3-5,8-9,16,18-19,21,26H,6-7,10-15H2,1-2H3. The Morgan fingerprint density at radius 3 is 2.54 bits per heavy atom. The molecule has 1 saturated carbocycles. The number of hydrogen-bond donors (Lipinski definition) is 1. The zero-order valence-corrected chi connectivity index (χ0v) is 17.1. The molecule has 0 saturated heterocycles. The molecule has 0 aliphatic heterocycles. The Balaban J connectivity index is 1.78. The minimum atomic E-state index is -0.326. The minimum absolute atomic E-state index is 0.0554. The molecule has 1 aromatic carbocycles. The molecule has 4 rings (SSSR count). The Bertz CT molecular complexity index is 861. The maximum atomic E-state index is 13.1. The predicted octanol–water partition coefficient (Wildman–Crippen LogP) is 6.13. The van der Waals surface area contributed by atoms with Gasteiger partial charge in [-0.3, -0.25) is 0 Å². The smallest absolute Gasteiger partial charge is 0.343 e. The highest BCUT2D eigenvalue weighted by atomic mass is 16.4. The molecule has 0 bridgehead atoms. The normalized spacial score (nSPS) is 20.6. The van der Waals surface area contributed by atoms with Crippen molar-refractivity contribution < 1.29 is 9.52 Å². The fourth-order valence-electron chi connectivity index (χ4n) is 4.84. The number of fused-ring (bicyclic) bond motifs is 1. The van der Waals surface area contributed by atoms with Gasteiger partial charge < -0.3 is 9.52 Å². The van der Waals surface area contributed by atoms with Crippen LogP contribution in [-0.2, 0) is 6.42 Å². The summed E-state index contributed by atoms with van der Waals surface area (Å²) in [7, 11) is 0. The summed E-state index contributed by atoms with van der Waals surface area (Å²) in [6.07, 6.45) is 8.38. The number of benzene rings is 1. The first-order valence-electron chi connectivity index (χ1n) is 11.0. The maximum absolute atomic E-state index is 13.1. The lowest BCUT2D eigenvalue weighted by atomic mass is 9.85. The van der Waals surface area contributed by atoms with E-state index in [1.54, 1.807) is 0 Å². The van der Waals surface area contributed by atoms with Crippen LogP contribution in [0.5, 0.6) is 5.75 Å². The van der Waals surface area contributed by atoms with Crippen LogP contribution in [0.4, 0.5) is 0 Å². The first-order chi connectivity index (χ1) is 13.6. The third-order valence-electron chi connectivity index (χ3n) is 6.52. The highest BCUT2D eigenvalue weighted by Crippen LogP contribution is 2.49. The fraction of sp³-hybridized carbons (Fsp3) is 0.560. The van der Waals surface area contributed by atoms with Crippen LogP contribution in [0.15, 0.2) is 39.5 Å². The van der Waals surface area contributed by atoms with Gasteiger partial charge in [-0.25, -0.2) is 4.79 Å². The minimum Gasteiger partial charge on any atom is -0.507 e. The van der Waals surface area contributed by atoms with Crippen LogP contribution in [0.1, 0.15) is 93.1 Å². The highest BCUT2D eigenvalue weighted by molar-refractivity contribution is 5.47. The third kappa shape index (κ3) is 3.90. The van der Waals surface area contributed by atoms with Crippen LogP contribution >= 0.6 is 0 Å². The summed E-state index contributed by atoms with van der Waals surface area (Å²) in [5, 5.41) is 11.3. The van der Waals surface area contributed by atoms with E-state index in [1.807, 2.05) is 18.2 Å². The number of rotatable bonds is 6. The summed E-state index contributed by atoms with van der Waals surface area (Å²) in [5.41, 5.74) is 2.19. The summed E-state index contributed by atoms with van der Waals surface area (Å²) >= 11 is 0. The molecule has 0 radical (unpaired) electrons. The van der Waals surface area contributed by atoms with Gasteiger partial charge in [0.1, 0.15) is 11.5 Å². The molecule has 150 valence electrons. The van der Waals surface area contributed by atoms with Crippen LogP contribution in [0.3, 0.4) is 0 Å². The first kappa shape index (κ1) is 19.3. The lowest BCUT2D eigenvalue weighted by Gasteiger charge is -2.22. The lowest BCUT2D eigenvalue weighted by molar-refractivity contribution is 0.357. The SMILES string of the molecule is CC(C)CCC1CCCCc2c1oc(=O)c(C(c1ccccc1)C1CC1)c2O. The Kier molecular flexibility index (Phi) is 5.61. The van der Waals surface area contributed by atoms with Gasteiger partial charge in [-0.15, -0.1) is 0 Å². The van der Waals surface area contributed by atoms with Gasteiger partial charge in [-0.05, 0) is 55.9 Å². The average Bonchev–Trinajstić information content (AvgIpc) is 3.52. The molecule has 2 aliphatic carbocycles. The van der Waals surface area contributed by atoms with E-state index in [2.05, 4.69) is 26.0 Å². The molecule has 2 unspecified atom stereocenters. The van der Waals surface area contributed by atoms with Gasteiger partial charge in [0.05, 0.1) is 5.56 Å². The fourth-order valence-corrected chi connectivity index (χ4v) is 4.84. The van der Waals surface area contributed by atoms with Gasteiger partial charge >= 0.3 is 5.63 Å². The summed E-state index contributed by atoms with van der Waals surface area (Å²) in [6, 6.07) is 10.1. The van der Waals surface area contributed by atoms with Crippen molar-refractivity contribution in [3.63, 3.8) is 0 Å². The molecule has 3 heteroatoms. The molecule has 3 nitrogen and oxygen atoms in total. The van der Waals surface area contributed by atoms with Crippen LogP contribution < -0.4 is 5.63 Å². The van der Waals surface area contributed by atoms with Gasteiger partial charge in [0, 0.05) is 17.4 Å². The second kappa shape index (κ2) is 8.14. The van der Waals surface area contributed by atoms with Crippen LogP contribution in [0.2, 0.25) is 0 Å². The van der Waals surface area contributed by atoms with E-state index in [9.17, 15) is 9.90 Å². The van der Waals surface area contributed by atoms with Crippen molar-refractivity contribution in [3.05, 3.63) is 63.2 Å². The largest absolute Gasteiger partial charge is 0.507 e. The zero-order valence-electron chi connectivity index (χ0n) is 17.1. The van der Waals surface area contributed by atoms with Crippen LogP contribution in [0.25, 0.3) is 0 Å². The summed E-state index contributed by atoms with van der Waals surface area (Å²) in [5.74, 6) is 2.25. The summed E-state index contributed by atoms with van der Waals surface area (Å²) in [6.45, 7) is 4.46. The molecular formula is C25H32O3. The van der Waals surface area contributed by atoms with Crippen molar-refractivity contribution in [1.82, 2.24) is 0 Å². The van der Waals surface area contributed by atoms with Gasteiger partial charge in [-0.1, -0.05) is 57.0 Å². The molecule has 28 heavy (non-hydrogen) atoms. The summed E-state index contributed by atoms with van der Waals surface area (Å²) < 4.78 is 6.00. The molecule has 0 spiro atoms. The monoisotopic (exact) mass is 380 g/mol. The maximum Gasteiger partial charge on any atom is 0.343 e. The first-order valence-corrected chi connectivity index (χ1v) is 11.0. The van der Waals surface area contributed by atoms with E-state index >= 15 is 0 Å². The van der Waals surface area contributed by atoms with Gasteiger partial charge in [0.25, 0.3) is 0 Å². The lowest BCUT2D eigenvalue weighted by Crippen LogP contribution is -2.19. The Labute approximate surface area is 167 Å².